The fourth-order valence-electron chi connectivity index (χ4n) is 3.44. The van der Waals surface area contributed by atoms with E-state index in [1.165, 1.54) is 12.7 Å². The number of ether oxygens (including phenoxy) is 1. The maximum atomic E-state index is 12.4. The van der Waals surface area contributed by atoms with Crippen molar-refractivity contribution in [3.63, 3.8) is 0 Å². The molecular weight excluding hydrogens is 378 g/mol. The summed E-state index contributed by atoms with van der Waals surface area (Å²) in [4.78, 5) is 23.9. The average Bonchev–Trinajstić information content (AvgIpc) is 3.06. The number of methoxy groups -OCH3 is 1. The van der Waals surface area contributed by atoms with Gasteiger partial charge in [0.1, 0.15) is 0 Å². The number of carbonyl (C=O) groups is 2. The second-order valence-corrected chi connectivity index (χ2v) is 7.18. The third kappa shape index (κ3) is 5.14. The molecule has 1 heterocycles. The zero-order valence-corrected chi connectivity index (χ0v) is 17.6. The van der Waals surface area contributed by atoms with E-state index in [-0.39, 0.29) is 11.9 Å². The quantitative estimate of drug-likeness (QED) is 0.582. The van der Waals surface area contributed by atoms with Gasteiger partial charge in [0.25, 0.3) is 5.91 Å². The number of hydrogen-bond acceptors (Lipinski definition) is 4. The van der Waals surface area contributed by atoms with Crippen LogP contribution >= 0.6 is 0 Å². The molecule has 3 rings (SSSR count). The third-order valence-electron chi connectivity index (χ3n) is 5.16. The largest absolute Gasteiger partial charge is 0.469 e. The first-order valence-corrected chi connectivity index (χ1v) is 10.0. The molecule has 0 aliphatic heterocycles. The second kappa shape index (κ2) is 9.87. The minimum atomic E-state index is -0.232. The van der Waals surface area contributed by atoms with Crippen LogP contribution in [0.1, 0.15) is 39.3 Å². The van der Waals surface area contributed by atoms with E-state index in [2.05, 4.69) is 22.5 Å². The number of carbonyl (C=O) groups excluding carboxylic acids is 2. The molecule has 2 aromatic carbocycles. The maximum absolute atomic E-state index is 12.4. The van der Waals surface area contributed by atoms with Gasteiger partial charge < -0.3 is 10.1 Å². The van der Waals surface area contributed by atoms with Gasteiger partial charge in [-0.05, 0) is 62.1 Å². The third-order valence-corrected chi connectivity index (χ3v) is 5.16. The molecule has 1 N–H and O–H groups in total. The fourth-order valence-corrected chi connectivity index (χ4v) is 3.44. The molecule has 30 heavy (non-hydrogen) atoms. The summed E-state index contributed by atoms with van der Waals surface area (Å²) in [6.07, 6.45) is 1.71. The van der Waals surface area contributed by atoms with Crippen LogP contribution in [0.2, 0.25) is 0 Å². The molecule has 6 nitrogen and oxygen atoms in total. The molecule has 0 radical (unpaired) electrons. The predicted molar refractivity (Wildman–Crippen MR) is 116 cm³/mol. The maximum Gasteiger partial charge on any atom is 0.305 e. The van der Waals surface area contributed by atoms with E-state index < -0.39 is 0 Å². The van der Waals surface area contributed by atoms with Crippen LogP contribution in [0.5, 0.6) is 0 Å². The molecule has 1 amide bonds. The van der Waals surface area contributed by atoms with Crippen molar-refractivity contribution in [1.82, 2.24) is 15.1 Å². The molecule has 0 saturated carbocycles. The lowest BCUT2D eigenvalue weighted by Gasteiger charge is -2.08. The number of rotatable bonds is 8. The Hall–Kier alpha value is -3.41. The summed E-state index contributed by atoms with van der Waals surface area (Å²) in [7, 11) is 1.39. The Bertz CT molecular complexity index is 1010. The van der Waals surface area contributed by atoms with Gasteiger partial charge in [0.2, 0.25) is 0 Å². The second-order valence-electron chi connectivity index (χ2n) is 7.18. The van der Waals surface area contributed by atoms with Crippen molar-refractivity contribution in [2.75, 3.05) is 13.7 Å². The van der Waals surface area contributed by atoms with E-state index in [4.69, 9.17) is 4.74 Å². The zero-order chi connectivity index (χ0) is 21.5. The van der Waals surface area contributed by atoms with Crippen LogP contribution < -0.4 is 5.32 Å². The van der Waals surface area contributed by atoms with Crippen LogP contribution in [-0.2, 0) is 22.4 Å². The number of aromatic nitrogens is 2. The minimum absolute atomic E-state index is 0.0929. The van der Waals surface area contributed by atoms with Crippen molar-refractivity contribution in [3.8, 4) is 5.69 Å². The molecule has 0 aliphatic rings. The predicted octanol–water partition coefficient (Wildman–Crippen LogP) is 3.57. The van der Waals surface area contributed by atoms with Crippen molar-refractivity contribution < 1.29 is 14.3 Å². The van der Waals surface area contributed by atoms with E-state index in [9.17, 15) is 9.59 Å². The van der Waals surface area contributed by atoms with Crippen molar-refractivity contribution in [1.29, 1.82) is 0 Å². The summed E-state index contributed by atoms with van der Waals surface area (Å²) in [6, 6.07) is 17.4. The Kier molecular flexibility index (Phi) is 7.01. The van der Waals surface area contributed by atoms with Crippen LogP contribution in [0.15, 0.2) is 54.6 Å². The van der Waals surface area contributed by atoms with Crippen LogP contribution in [0.25, 0.3) is 5.69 Å². The first-order valence-electron chi connectivity index (χ1n) is 10.0. The Morgan fingerprint density at radius 1 is 1.00 bits per heavy atom. The number of aryl methyl sites for hydroxylation is 1. The summed E-state index contributed by atoms with van der Waals surface area (Å²) in [5, 5.41) is 7.56. The first-order chi connectivity index (χ1) is 14.5. The fraction of sp³-hybridized carbons (Fsp3) is 0.292. The molecule has 0 atom stereocenters. The average molecular weight is 405 g/mol. The highest BCUT2D eigenvalue weighted by molar-refractivity contribution is 5.94. The number of esters is 1. The highest BCUT2D eigenvalue weighted by atomic mass is 16.5. The lowest BCUT2D eigenvalue weighted by molar-refractivity contribution is -0.140. The smallest absolute Gasteiger partial charge is 0.305 e. The molecule has 3 aromatic rings. The Morgan fingerprint density at radius 3 is 2.37 bits per heavy atom. The van der Waals surface area contributed by atoms with E-state index in [1.807, 2.05) is 48.9 Å². The van der Waals surface area contributed by atoms with E-state index in [1.54, 1.807) is 12.1 Å². The minimum Gasteiger partial charge on any atom is -0.469 e. The summed E-state index contributed by atoms with van der Waals surface area (Å²) < 4.78 is 6.57. The highest BCUT2D eigenvalue weighted by Gasteiger charge is 2.15. The van der Waals surface area contributed by atoms with Crippen LogP contribution in [0.4, 0.5) is 0 Å². The van der Waals surface area contributed by atoms with Crippen LogP contribution in [-0.4, -0.2) is 35.3 Å². The number of hydrogen-bond donors (Lipinski definition) is 1. The van der Waals surface area contributed by atoms with Crippen molar-refractivity contribution >= 4 is 11.9 Å². The van der Waals surface area contributed by atoms with Crippen LogP contribution in [0.3, 0.4) is 0 Å². The molecule has 0 spiro atoms. The standard InChI is InChI=1S/C24H27N3O3/c1-17-22(13-14-23(28)30-3)18(2)27(26-17)21-11-9-20(10-12-21)24(29)25-16-15-19-7-5-4-6-8-19/h4-12H,13-16H2,1-3H3,(H,25,29). The number of amides is 1. The SMILES string of the molecule is COC(=O)CCc1c(C)nn(-c2ccc(C(=O)NCCc3ccccc3)cc2)c1C. The Morgan fingerprint density at radius 2 is 1.70 bits per heavy atom. The monoisotopic (exact) mass is 405 g/mol. The van der Waals surface area contributed by atoms with Crippen molar-refractivity contribution in [2.24, 2.45) is 0 Å². The number of nitrogens with one attached hydrogen (secondary N) is 1. The van der Waals surface area contributed by atoms with Crippen molar-refractivity contribution in [2.45, 2.75) is 33.1 Å². The van der Waals surface area contributed by atoms with Gasteiger partial charge in [0.15, 0.2) is 0 Å². The Balaban J connectivity index is 1.63. The van der Waals surface area contributed by atoms with Crippen molar-refractivity contribution in [3.05, 3.63) is 82.7 Å². The van der Waals surface area contributed by atoms with E-state index in [0.717, 1.165) is 29.1 Å². The van der Waals surface area contributed by atoms with E-state index >= 15 is 0 Å². The topological polar surface area (TPSA) is 73.2 Å². The molecule has 0 saturated heterocycles. The molecule has 0 fully saturated rings. The normalized spacial score (nSPS) is 10.6. The summed E-state index contributed by atoms with van der Waals surface area (Å²) in [5.74, 6) is -0.325. The number of benzene rings is 2. The van der Waals surface area contributed by atoms with Gasteiger partial charge in [0.05, 0.1) is 18.5 Å². The van der Waals surface area contributed by atoms with Gasteiger partial charge in [-0.2, -0.15) is 5.10 Å². The molecule has 0 unspecified atom stereocenters. The zero-order valence-electron chi connectivity index (χ0n) is 17.6. The highest BCUT2D eigenvalue weighted by Crippen LogP contribution is 2.20. The lowest BCUT2D eigenvalue weighted by Crippen LogP contribution is -2.25. The molecule has 6 heteroatoms. The summed E-state index contributed by atoms with van der Waals surface area (Å²) in [5.41, 5.74) is 5.60. The van der Waals surface area contributed by atoms with Gasteiger partial charge in [-0.1, -0.05) is 30.3 Å². The van der Waals surface area contributed by atoms with Gasteiger partial charge in [-0.3, -0.25) is 9.59 Å². The van der Waals surface area contributed by atoms with Gasteiger partial charge in [0, 0.05) is 24.2 Å². The first kappa shape index (κ1) is 21.3. The summed E-state index contributed by atoms with van der Waals surface area (Å²) in [6.45, 7) is 4.51. The van der Waals surface area contributed by atoms with Gasteiger partial charge in [-0.25, -0.2) is 4.68 Å². The van der Waals surface area contributed by atoms with Gasteiger partial charge in [-0.15, -0.1) is 0 Å². The Labute approximate surface area is 176 Å². The van der Waals surface area contributed by atoms with Gasteiger partial charge >= 0.3 is 5.97 Å². The molecule has 156 valence electrons. The summed E-state index contributed by atoms with van der Waals surface area (Å²) >= 11 is 0. The molecule has 0 aliphatic carbocycles. The molecular formula is C24H27N3O3. The molecule has 1 aromatic heterocycles. The van der Waals surface area contributed by atoms with Crippen LogP contribution in [0, 0.1) is 13.8 Å². The molecule has 0 bridgehead atoms. The lowest BCUT2D eigenvalue weighted by atomic mass is 10.1. The number of nitrogens with zero attached hydrogens (tertiary/aromatic N) is 2. The van der Waals surface area contributed by atoms with E-state index in [0.29, 0.717) is 24.9 Å².